The fourth-order valence-corrected chi connectivity index (χ4v) is 11.9. The number of rotatable bonds is 12. The fraction of sp³-hybridized carbons (Fsp3) is 0.389. The lowest BCUT2D eigenvalue weighted by Gasteiger charge is -2.37. The number of aromatic nitrogens is 4. The van der Waals surface area contributed by atoms with Gasteiger partial charge in [-0.05, 0) is 54.4 Å². The molecule has 4 aromatic rings. The minimum absolute atomic E-state index is 0.000785. The van der Waals surface area contributed by atoms with E-state index in [1.807, 2.05) is 36.5 Å². The number of carbonyl (C=O) groups excluding carboxylic acids is 1. The van der Waals surface area contributed by atoms with Crippen molar-refractivity contribution in [3.63, 3.8) is 0 Å². The molecule has 2 aromatic heterocycles. The summed E-state index contributed by atoms with van der Waals surface area (Å²) in [7, 11) is 0.772. The number of benzene rings is 2. The van der Waals surface area contributed by atoms with Crippen LogP contribution in [0.15, 0.2) is 84.4 Å². The lowest BCUT2D eigenvalue weighted by Crippen LogP contribution is -2.52. The highest BCUT2D eigenvalue weighted by Gasteiger charge is 2.66. The molecule has 2 aromatic carbocycles. The summed E-state index contributed by atoms with van der Waals surface area (Å²) < 4.78 is 21.3. The lowest BCUT2D eigenvalue weighted by atomic mass is 9.82. The van der Waals surface area contributed by atoms with Gasteiger partial charge in [0.1, 0.15) is 5.75 Å². The Labute approximate surface area is 281 Å². The van der Waals surface area contributed by atoms with Crippen LogP contribution in [0.2, 0.25) is 18.6 Å². The number of aliphatic hydroxyl groups excluding tert-OH is 1. The number of pyridine rings is 1. The molecule has 1 saturated heterocycles. The van der Waals surface area contributed by atoms with Gasteiger partial charge in [0.15, 0.2) is 11.4 Å². The summed E-state index contributed by atoms with van der Waals surface area (Å²) in [5.74, 6) is 0.672. The van der Waals surface area contributed by atoms with Crippen LogP contribution in [0.1, 0.15) is 24.6 Å². The molecule has 6 rings (SSSR count). The summed E-state index contributed by atoms with van der Waals surface area (Å²) in [6, 6.07) is 17.3. The topological polar surface area (TPSA) is 121 Å². The highest BCUT2D eigenvalue weighted by molar-refractivity contribution is 6.91. The van der Waals surface area contributed by atoms with E-state index in [1.54, 1.807) is 41.1 Å². The van der Waals surface area contributed by atoms with Crippen LogP contribution in [0.4, 0.5) is 5.69 Å². The maximum absolute atomic E-state index is 14.8. The predicted octanol–water partition coefficient (Wildman–Crippen LogP) is 3.82. The van der Waals surface area contributed by atoms with Gasteiger partial charge in [-0.2, -0.15) is 0 Å². The Hall–Kier alpha value is -4.52. The van der Waals surface area contributed by atoms with Crippen LogP contribution in [-0.2, 0) is 28.1 Å². The molecule has 1 N–H and O–H groups in total. The summed E-state index contributed by atoms with van der Waals surface area (Å²) in [6.07, 6.45) is 6.02. The van der Waals surface area contributed by atoms with E-state index in [4.69, 9.17) is 14.2 Å². The first-order valence-corrected chi connectivity index (χ1v) is 19.3. The molecular formula is C36H43N5O6Si. The molecule has 252 valence electrons. The average Bonchev–Trinajstić information content (AvgIpc) is 3.74. The first kappa shape index (κ1) is 33.4. The van der Waals surface area contributed by atoms with Crippen molar-refractivity contribution < 1.29 is 24.1 Å². The molecule has 1 amide bonds. The highest BCUT2D eigenvalue weighted by atomic mass is 28.3. The van der Waals surface area contributed by atoms with Gasteiger partial charge < -0.3 is 24.2 Å². The SMILES string of the molecule is C=CCN1C(=O)[C@]2(O[C@H](CCn3cc(CCO)nn3)[C@@H]([Si](C)(C)c3ccc(OC)cc3)[C@@H]2C)c2cc(-n3cccc(OC)c3=O)ccc21. The van der Waals surface area contributed by atoms with Crippen LogP contribution in [0.5, 0.6) is 11.5 Å². The van der Waals surface area contributed by atoms with Gasteiger partial charge in [0.25, 0.3) is 11.5 Å². The van der Waals surface area contributed by atoms with Crippen molar-refractivity contribution in [3.8, 4) is 17.2 Å². The molecule has 11 nitrogen and oxygen atoms in total. The van der Waals surface area contributed by atoms with Gasteiger partial charge in [-0.1, -0.05) is 48.6 Å². The minimum Gasteiger partial charge on any atom is -0.497 e. The van der Waals surface area contributed by atoms with Crippen LogP contribution in [0.3, 0.4) is 0 Å². The summed E-state index contributed by atoms with van der Waals surface area (Å²) in [6.45, 7) is 11.6. The van der Waals surface area contributed by atoms with E-state index in [0.717, 1.165) is 22.7 Å². The monoisotopic (exact) mass is 669 g/mol. The van der Waals surface area contributed by atoms with E-state index < -0.39 is 13.7 Å². The Balaban J connectivity index is 1.48. The highest BCUT2D eigenvalue weighted by Crippen LogP contribution is 2.60. The molecule has 48 heavy (non-hydrogen) atoms. The molecule has 12 heteroatoms. The standard InChI is InChI=1S/C36H43N5O6Si/c1-7-18-41-30-15-10-26(40-19-8-9-32(46-4)34(40)43)22-29(30)36(35(41)44)24(2)33(48(5,6)28-13-11-27(45-3)12-14-28)31(47-36)16-20-39-23-25(17-21-42)37-38-39/h7-15,19,22-24,31,33,42H,1,16-18,20-21H2,2-6H3/t24-,31+,33-,36+/m0/s1. The number of anilines is 1. The fourth-order valence-electron chi connectivity index (χ4n) is 7.80. The van der Waals surface area contributed by atoms with Gasteiger partial charge in [-0.3, -0.25) is 18.8 Å². The van der Waals surface area contributed by atoms with Gasteiger partial charge in [-0.15, -0.1) is 11.7 Å². The van der Waals surface area contributed by atoms with Crippen LogP contribution in [0, 0.1) is 5.92 Å². The van der Waals surface area contributed by atoms with Crippen molar-refractivity contribution in [1.29, 1.82) is 0 Å². The number of carbonyl (C=O) groups is 1. The number of fused-ring (bicyclic) bond motifs is 2. The van der Waals surface area contributed by atoms with Crippen molar-refractivity contribution >= 4 is 24.9 Å². The Bertz CT molecular complexity index is 1870. The molecule has 0 unspecified atom stereocenters. The number of aliphatic hydroxyl groups is 1. The number of nitrogens with zero attached hydrogens (tertiary/aromatic N) is 5. The minimum atomic E-state index is -2.36. The van der Waals surface area contributed by atoms with Gasteiger partial charge in [0.05, 0.1) is 39.8 Å². The Morgan fingerprint density at radius 2 is 1.88 bits per heavy atom. The van der Waals surface area contributed by atoms with Crippen molar-refractivity contribution in [2.24, 2.45) is 5.92 Å². The summed E-state index contributed by atoms with van der Waals surface area (Å²) in [5, 5.41) is 19.1. The molecule has 0 aliphatic carbocycles. The van der Waals surface area contributed by atoms with Crippen LogP contribution in [-0.4, -0.2) is 72.1 Å². The molecule has 1 spiro atoms. The smallest absolute Gasteiger partial charge is 0.297 e. The second-order valence-electron chi connectivity index (χ2n) is 13.0. The largest absolute Gasteiger partial charge is 0.497 e. The summed E-state index contributed by atoms with van der Waals surface area (Å²) in [5.41, 5.74) is 1.28. The van der Waals surface area contributed by atoms with Gasteiger partial charge in [0, 0.05) is 55.7 Å². The number of hydrogen-bond acceptors (Lipinski definition) is 8. The number of ether oxygens (including phenoxy) is 3. The summed E-state index contributed by atoms with van der Waals surface area (Å²) in [4.78, 5) is 29.8. The lowest BCUT2D eigenvalue weighted by molar-refractivity contribution is -0.145. The molecule has 0 saturated carbocycles. The Morgan fingerprint density at radius 3 is 2.56 bits per heavy atom. The van der Waals surface area contributed by atoms with E-state index in [2.05, 4.69) is 49.0 Å². The van der Waals surface area contributed by atoms with Crippen molar-refractivity contribution in [3.05, 3.63) is 101 Å². The van der Waals surface area contributed by atoms with E-state index in [0.29, 0.717) is 31.6 Å². The van der Waals surface area contributed by atoms with Crippen molar-refractivity contribution in [2.75, 3.05) is 32.3 Å². The number of methoxy groups -OCH3 is 2. The second-order valence-corrected chi connectivity index (χ2v) is 17.7. The van der Waals surface area contributed by atoms with Crippen molar-refractivity contribution in [1.82, 2.24) is 19.6 Å². The van der Waals surface area contributed by atoms with Gasteiger partial charge in [0.2, 0.25) is 0 Å². The maximum atomic E-state index is 14.8. The molecular weight excluding hydrogens is 627 g/mol. The van der Waals surface area contributed by atoms with Gasteiger partial charge >= 0.3 is 0 Å². The molecule has 0 bridgehead atoms. The third kappa shape index (κ3) is 5.47. The number of hydrogen-bond donors (Lipinski definition) is 1. The van der Waals surface area contributed by atoms with E-state index >= 15 is 0 Å². The molecule has 2 aliphatic rings. The number of aryl methyl sites for hydroxylation is 1. The molecule has 1 fully saturated rings. The predicted molar refractivity (Wildman–Crippen MR) is 186 cm³/mol. The summed E-state index contributed by atoms with van der Waals surface area (Å²) >= 11 is 0. The average molecular weight is 670 g/mol. The van der Waals surface area contributed by atoms with Gasteiger partial charge in [-0.25, -0.2) is 0 Å². The zero-order valence-electron chi connectivity index (χ0n) is 28.1. The molecule has 0 radical (unpaired) electrons. The number of amides is 1. The molecule has 2 aliphatic heterocycles. The second kappa shape index (κ2) is 13.2. The quantitative estimate of drug-likeness (QED) is 0.179. The van der Waals surface area contributed by atoms with E-state index in [1.165, 1.54) is 16.9 Å². The molecule has 4 atom stereocenters. The van der Waals surface area contributed by atoms with Crippen molar-refractivity contribution in [2.45, 2.75) is 56.7 Å². The van der Waals surface area contributed by atoms with Crippen LogP contribution < -0.4 is 25.1 Å². The van der Waals surface area contributed by atoms with E-state index in [-0.39, 0.29) is 41.4 Å². The molecule has 4 heterocycles. The van der Waals surface area contributed by atoms with E-state index in [9.17, 15) is 14.7 Å². The first-order chi connectivity index (χ1) is 23.1. The normalized spacial score (nSPS) is 21.9. The first-order valence-electron chi connectivity index (χ1n) is 16.3. The third-order valence-electron chi connectivity index (χ3n) is 10.1. The third-order valence-corrected chi connectivity index (χ3v) is 14.5. The van der Waals surface area contributed by atoms with Crippen LogP contribution in [0.25, 0.3) is 5.69 Å². The Morgan fingerprint density at radius 1 is 1.10 bits per heavy atom. The van der Waals surface area contributed by atoms with Crippen LogP contribution >= 0.6 is 0 Å². The zero-order chi connectivity index (χ0) is 34.2. The zero-order valence-corrected chi connectivity index (χ0v) is 29.1. The maximum Gasteiger partial charge on any atom is 0.297 e. The Kier molecular flexibility index (Phi) is 9.16.